The van der Waals surface area contributed by atoms with Crippen molar-refractivity contribution in [2.24, 2.45) is 5.73 Å². The van der Waals surface area contributed by atoms with E-state index in [0.717, 1.165) is 16.5 Å². The zero-order chi connectivity index (χ0) is 8.55. The van der Waals surface area contributed by atoms with E-state index in [2.05, 4.69) is 4.98 Å². The number of fused-ring (bicyclic) bond motifs is 1. The number of amidine groups is 1. The van der Waals surface area contributed by atoms with Crippen LogP contribution in [-0.2, 0) is 0 Å². The second-order valence-corrected chi connectivity index (χ2v) is 2.66. The summed E-state index contributed by atoms with van der Waals surface area (Å²) in [4.78, 5) is 3.06. The van der Waals surface area contributed by atoms with Crippen LogP contribution in [0.25, 0.3) is 10.9 Å². The summed E-state index contributed by atoms with van der Waals surface area (Å²) in [5.74, 6) is 0.111. The molecule has 0 unspecified atom stereocenters. The van der Waals surface area contributed by atoms with Gasteiger partial charge in [0.15, 0.2) is 0 Å². The molecule has 0 spiro atoms. The molecule has 3 nitrogen and oxygen atoms in total. The van der Waals surface area contributed by atoms with Gasteiger partial charge in [-0.2, -0.15) is 0 Å². The maximum absolute atomic E-state index is 7.32. The minimum atomic E-state index is 0.111. The number of nitrogens with one attached hydrogen (secondary N) is 2. The molecule has 2 rings (SSSR count). The van der Waals surface area contributed by atoms with Gasteiger partial charge in [0.2, 0.25) is 0 Å². The summed E-state index contributed by atoms with van der Waals surface area (Å²) in [6.07, 6.45) is 1.84. The third-order valence-electron chi connectivity index (χ3n) is 1.89. The molecule has 3 heteroatoms. The van der Waals surface area contributed by atoms with Crippen molar-refractivity contribution in [3.63, 3.8) is 0 Å². The third kappa shape index (κ3) is 0.871. The van der Waals surface area contributed by atoms with Gasteiger partial charge in [-0.15, -0.1) is 0 Å². The zero-order valence-electron chi connectivity index (χ0n) is 6.46. The molecule has 1 aromatic heterocycles. The second kappa shape index (κ2) is 2.37. The summed E-state index contributed by atoms with van der Waals surface area (Å²) in [7, 11) is 0. The molecule has 0 atom stereocenters. The van der Waals surface area contributed by atoms with Crippen molar-refractivity contribution in [2.75, 3.05) is 0 Å². The fourth-order valence-electron chi connectivity index (χ4n) is 1.32. The first-order chi connectivity index (χ1) is 5.79. The molecule has 0 aliphatic rings. The summed E-state index contributed by atoms with van der Waals surface area (Å²) < 4.78 is 0. The van der Waals surface area contributed by atoms with Crippen molar-refractivity contribution >= 4 is 16.7 Å². The van der Waals surface area contributed by atoms with Crippen LogP contribution in [0.5, 0.6) is 0 Å². The number of H-pyrrole nitrogens is 1. The summed E-state index contributed by atoms with van der Waals surface area (Å²) in [6.45, 7) is 0. The van der Waals surface area contributed by atoms with E-state index in [-0.39, 0.29) is 5.84 Å². The largest absolute Gasteiger partial charge is 0.384 e. The maximum atomic E-state index is 7.32. The fraction of sp³-hybridized carbons (Fsp3) is 0. The van der Waals surface area contributed by atoms with E-state index in [9.17, 15) is 0 Å². The van der Waals surface area contributed by atoms with Crippen LogP contribution in [-0.4, -0.2) is 10.8 Å². The first-order valence-corrected chi connectivity index (χ1v) is 3.69. The van der Waals surface area contributed by atoms with Crippen LogP contribution in [0.2, 0.25) is 0 Å². The SMILES string of the molecule is N=C(N)c1cccc2[nH]ccc12. The molecule has 12 heavy (non-hydrogen) atoms. The Hall–Kier alpha value is -1.77. The Morgan fingerprint density at radius 3 is 2.92 bits per heavy atom. The molecular formula is C9H9N3. The number of aromatic nitrogens is 1. The lowest BCUT2D eigenvalue weighted by molar-refractivity contribution is 1.44. The predicted molar refractivity (Wildman–Crippen MR) is 49.3 cm³/mol. The summed E-state index contributed by atoms with van der Waals surface area (Å²) >= 11 is 0. The summed E-state index contributed by atoms with van der Waals surface area (Å²) in [6, 6.07) is 7.61. The van der Waals surface area contributed by atoms with E-state index in [1.54, 1.807) is 0 Å². The lowest BCUT2D eigenvalue weighted by Crippen LogP contribution is -2.10. The molecule has 0 radical (unpaired) electrons. The highest BCUT2D eigenvalue weighted by Gasteiger charge is 2.02. The van der Waals surface area contributed by atoms with Gasteiger partial charge in [-0.1, -0.05) is 12.1 Å². The molecular weight excluding hydrogens is 150 g/mol. The Morgan fingerprint density at radius 1 is 1.33 bits per heavy atom. The number of nitrogens with two attached hydrogens (primary N) is 1. The highest BCUT2D eigenvalue weighted by molar-refractivity contribution is 6.06. The lowest BCUT2D eigenvalue weighted by Gasteiger charge is -1.98. The first-order valence-electron chi connectivity index (χ1n) is 3.69. The number of hydrogen-bond acceptors (Lipinski definition) is 1. The van der Waals surface area contributed by atoms with E-state index in [1.165, 1.54) is 0 Å². The number of hydrogen-bond donors (Lipinski definition) is 3. The number of nitrogen functional groups attached to an aromatic ring is 1. The zero-order valence-corrected chi connectivity index (χ0v) is 6.46. The number of rotatable bonds is 1. The second-order valence-electron chi connectivity index (χ2n) is 2.66. The smallest absolute Gasteiger partial charge is 0.123 e. The van der Waals surface area contributed by atoms with Crippen molar-refractivity contribution in [3.05, 3.63) is 36.0 Å². The lowest BCUT2D eigenvalue weighted by atomic mass is 10.1. The maximum Gasteiger partial charge on any atom is 0.123 e. The highest BCUT2D eigenvalue weighted by atomic mass is 14.7. The Kier molecular flexibility index (Phi) is 1.37. The predicted octanol–water partition coefficient (Wildman–Crippen LogP) is 1.45. The van der Waals surface area contributed by atoms with E-state index in [0.29, 0.717) is 0 Å². The molecule has 1 aromatic carbocycles. The topological polar surface area (TPSA) is 65.7 Å². The van der Waals surface area contributed by atoms with Gasteiger partial charge >= 0.3 is 0 Å². The molecule has 0 fully saturated rings. The van der Waals surface area contributed by atoms with Crippen molar-refractivity contribution in [3.8, 4) is 0 Å². The normalized spacial score (nSPS) is 10.3. The Morgan fingerprint density at radius 2 is 2.17 bits per heavy atom. The molecule has 60 valence electrons. The molecule has 4 N–H and O–H groups in total. The molecule has 1 heterocycles. The van der Waals surface area contributed by atoms with Crippen LogP contribution in [0.3, 0.4) is 0 Å². The average Bonchev–Trinajstić information content (AvgIpc) is 2.49. The van der Waals surface area contributed by atoms with Gasteiger partial charge in [0.25, 0.3) is 0 Å². The van der Waals surface area contributed by atoms with Crippen LogP contribution in [0.1, 0.15) is 5.56 Å². The molecule has 0 aliphatic heterocycles. The quantitative estimate of drug-likeness (QED) is 0.428. The number of aromatic amines is 1. The molecule has 2 aromatic rings. The van der Waals surface area contributed by atoms with Gasteiger partial charge in [-0.3, -0.25) is 5.41 Å². The molecule has 0 saturated carbocycles. The Labute approximate surface area is 69.7 Å². The van der Waals surface area contributed by atoms with Gasteiger partial charge < -0.3 is 10.7 Å². The van der Waals surface area contributed by atoms with Crippen LogP contribution in [0.15, 0.2) is 30.5 Å². The Balaban J connectivity index is 2.82. The van der Waals surface area contributed by atoms with Gasteiger partial charge in [0.05, 0.1) is 0 Å². The van der Waals surface area contributed by atoms with E-state index >= 15 is 0 Å². The minimum Gasteiger partial charge on any atom is -0.384 e. The number of benzene rings is 1. The van der Waals surface area contributed by atoms with Crippen LogP contribution >= 0.6 is 0 Å². The summed E-state index contributed by atoms with van der Waals surface area (Å²) in [5.41, 5.74) is 7.21. The van der Waals surface area contributed by atoms with Crippen molar-refractivity contribution in [1.29, 1.82) is 5.41 Å². The minimum absolute atomic E-state index is 0.111. The average molecular weight is 159 g/mol. The van der Waals surface area contributed by atoms with Crippen LogP contribution in [0.4, 0.5) is 0 Å². The molecule has 0 saturated heterocycles. The van der Waals surface area contributed by atoms with Gasteiger partial charge in [-0.05, 0) is 12.1 Å². The van der Waals surface area contributed by atoms with Gasteiger partial charge in [0.1, 0.15) is 5.84 Å². The van der Waals surface area contributed by atoms with Crippen LogP contribution < -0.4 is 5.73 Å². The van der Waals surface area contributed by atoms with E-state index < -0.39 is 0 Å². The summed E-state index contributed by atoms with van der Waals surface area (Å²) in [5, 5.41) is 8.32. The van der Waals surface area contributed by atoms with Gasteiger partial charge in [0, 0.05) is 22.7 Å². The standard InChI is InChI=1S/C9H9N3/c10-9(11)7-2-1-3-8-6(7)4-5-12-8/h1-5,12H,(H3,10,11). The molecule has 0 bridgehead atoms. The third-order valence-corrected chi connectivity index (χ3v) is 1.89. The Bertz CT molecular complexity index is 428. The fourth-order valence-corrected chi connectivity index (χ4v) is 1.32. The van der Waals surface area contributed by atoms with Crippen molar-refractivity contribution < 1.29 is 0 Å². The monoisotopic (exact) mass is 159 g/mol. The highest BCUT2D eigenvalue weighted by Crippen LogP contribution is 2.16. The van der Waals surface area contributed by atoms with Crippen molar-refractivity contribution in [2.45, 2.75) is 0 Å². The molecule has 0 aliphatic carbocycles. The molecule has 0 amide bonds. The first kappa shape index (κ1) is 6.91. The van der Waals surface area contributed by atoms with Crippen LogP contribution in [0, 0.1) is 5.41 Å². The van der Waals surface area contributed by atoms with E-state index in [1.807, 2.05) is 30.5 Å². The van der Waals surface area contributed by atoms with Crippen molar-refractivity contribution in [1.82, 2.24) is 4.98 Å². The van der Waals surface area contributed by atoms with Gasteiger partial charge in [-0.25, -0.2) is 0 Å². The van der Waals surface area contributed by atoms with E-state index in [4.69, 9.17) is 11.1 Å².